The maximum absolute atomic E-state index is 16.4. The second-order valence-electron chi connectivity index (χ2n) is 17.1. The molecule has 2 aromatic heterocycles. The van der Waals surface area contributed by atoms with Gasteiger partial charge < -0.3 is 9.13 Å². The number of hydrogen-bond acceptors (Lipinski definition) is 1. The van der Waals surface area contributed by atoms with Gasteiger partial charge in [-0.1, -0.05) is 6.07 Å². The fourth-order valence-electron chi connectivity index (χ4n) is 10.3. The average molecular weight is 770 g/mol. The third kappa shape index (κ3) is 4.81. The molecule has 0 unspecified atom stereocenters. The molecule has 0 radical (unpaired) electrons. The molecule has 0 bridgehead atoms. The van der Waals surface area contributed by atoms with Crippen LogP contribution in [-0.2, 0) is 0 Å². The van der Waals surface area contributed by atoms with Crippen LogP contribution in [0.25, 0.3) is 66.1 Å². The van der Waals surface area contributed by atoms with Crippen LogP contribution in [0.3, 0.4) is 0 Å². The lowest BCUT2D eigenvalue weighted by atomic mass is 9.90. The van der Waals surface area contributed by atoms with Crippen molar-refractivity contribution in [3.05, 3.63) is 137 Å². The Labute approximate surface area is 341 Å². The predicted octanol–water partition coefficient (Wildman–Crippen LogP) is 14.6. The minimum absolute atomic E-state index is 0.147. The van der Waals surface area contributed by atoms with Crippen LogP contribution in [0, 0.1) is 134 Å². The van der Waals surface area contributed by atoms with Crippen molar-refractivity contribution in [3.8, 4) is 28.6 Å². The van der Waals surface area contributed by atoms with Crippen LogP contribution in [0.2, 0.25) is 0 Å². The number of nitriles is 1. The summed E-state index contributed by atoms with van der Waals surface area (Å²) in [6.45, 7) is 34.8. The van der Waals surface area contributed by atoms with E-state index in [1.165, 1.54) is 73.5 Å². The van der Waals surface area contributed by atoms with Crippen LogP contribution in [-0.4, -0.2) is 9.13 Å². The summed E-state index contributed by atoms with van der Waals surface area (Å²) in [7, 11) is 0. The van der Waals surface area contributed by atoms with Gasteiger partial charge in [0.2, 0.25) is 0 Å². The smallest absolute Gasteiger partial charge is 0.134 e. The fourth-order valence-corrected chi connectivity index (χ4v) is 10.3. The molecule has 0 spiro atoms. The van der Waals surface area contributed by atoms with Crippen LogP contribution in [0.1, 0.15) is 94.6 Å². The van der Waals surface area contributed by atoms with E-state index in [-0.39, 0.29) is 5.56 Å². The molecule has 3 nitrogen and oxygen atoms in total. The van der Waals surface area contributed by atoms with Gasteiger partial charge in [-0.2, -0.15) is 5.26 Å². The lowest BCUT2D eigenvalue weighted by Gasteiger charge is -2.23. The highest BCUT2D eigenvalue weighted by Crippen LogP contribution is 2.49. The highest BCUT2D eigenvalue weighted by Gasteiger charge is 2.31. The van der Waals surface area contributed by atoms with E-state index in [1.54, 1.807) is 0 Å². The van der Waals surface area contributed by atoms with E-state index in [0.717, 1.165) is 77.3 Å². The van der Waals surface area contributed by atoms with E-state index < -0.39 is 11.6 Å². The Bertz CT molecular complexity index is 3070. The maximum Gasteiger partial charge on any atom is 0.134 e. The summed E-state index contributed by atoms with van der Waals surface area (Å²) in [5.74, 6) is -1.35. The van der Waals surface area contributed by atoms with Gasteiger partial charge in [0.15, 0.2) is 0 Å². The van der Waals surface area contributed by atoms with Gasteiger partial charge in [0.05, 0.1) is 39.0 Å². The Kier molecular flexibility index (Phi) is 8.87. The minimum Gasteiger partial charge on any atom is -0.307 e. The fraction of sp³-hybridized carbons (Fsp3) is 0.302. The molecule has 0 atom stereocenters. The Morgan fingerprint density at radius 3 is 1.03 bits per heavy atom. The van der Waals surface area contributed by atoms with Crippen LogP contribution < -0.4 is 0 Å². The highest BCUT2D eigenvalue weighted by atomic mass is 19.1. The largest absolute Gasteiger partial charge is 0.307 e. The number of aryl methyl sites for hydroxylation is 8. The van der Waals surface area contributed by atoms with Crippen LogP contribution in [0.5, 0.6) is 0 Å². The van der Waals surface area contributed by atoms with Crippen LogP contribution >= 0.6 is 0 Å². The van der Waals surface area contributed by atoms with E-state index >= 15 is 8.78 Å². The van der Waals surface area contributed by atoms with Gasteiger partial charge in [0.25, 0.3) is 0 Å². The zero-order valence-electron chi connectivity index (χ0n) is 37.0. The van der Waals surface area contributed by atoms with Crippen molar-refractivity contribution in [1.29, 1.82) is 5.26 Å². The van der Waals surface area contributed by atoms with Gasteiger partial charge in [-0.3, -0.25) is 0 Å². The number of halogens is 2. The van der Waals surface area contributed by atoms with Crippen molar-refractivity contribution in [2.24, 2.45) is 0 Å². The van der Waals surface area contributed by atoms with Gasteiger partial charge in [-0.05, 0) is 224 Å². The molecule has 0 saturated carbocycles. The molecule has 58 heavy (non-hydrogen) atoms. The molecule has 0 fully saturated rings. The molecule has 0 N–H and O–H groups in total. The van der Waals surface area contributed by atoms with Crippen molar-refractivity contribution in [1.82, 2.24) is 9.13 Å². The first-order valence-corrected chi connectivity index (χ1v) is 20.3. The van der Waals surface area contributed by atoms with Gasteiger partial charge in [0, 0.05) is 27.1 Å². The zero-order chi connectivity index (χ0) is 42.3. The Morgan fingerprint density at radius 1 is 0.397 bits per heavy atom. The third-order valence-electron chi connectivity index (χ3n) is 15.0. The monoisotopic (exact) mass is 769 g/mol. The van der Waals surface area contributed by atoms with Gasteiger partial charge in [-0.15, -0.1) is 0 Å². The number of hydrogen-bond donors (Lipinski definition) is 0. The first-order valence-electron chi connectivity index (χ1n) is 20.3. The second kappa shape index (κ2) is 13.1. The normalized spacial score (nSPS) is 11.9. The first-order chi connectivity index (χ1) is 27.3. The highest BCUT2D eigenvalue weighted by molar-refractivity contribution is 6.18. The Hall–Kier alpha value is -5.73. The SMILES string of the molecule is Cc1c(C)c(C)c2c(c1C)c1c(C)c(C)c(C)c(C)c1n2-c1ccc(-c2c(F)cccc2F)c(-n2c3c(C)c(C)c(C)c(C)c3c3c(C)c(C)c(C)c(C)c32)c1C#N. The van der Waals surface area contributed by atoms with Crippen molar-refractivity contribution in [2.45, 2.75) is 111 Å². The summed E-state index contributed by atoms with van der Waals surface area (Å²) in [6.07, 6.45) is 0. The number of rotatable bonds is 3. The number of aromatic nitrogens is 2. The molecule has 0 aliphatic carbocycles. The molecule has 2 heterocycles. The lowest BCUT2D eigenvalue weighted by molar-refractivity contribution is 0.589. The number of benzene rings is 6. The standard InChI is InChI=1S/C53H53F2N3/c1-23-27(5)35(13)49-44(31(23)9)45-32(10)24(2)28(6)36(14)50(45)57(49)43-21-20-39(48-41(54)18-17-19-42(48)55)53(40(43)22-56)58-51-37(15)29(7)25(3)33(11)46(51)47-34(12)26(4)30(8)38(16)52(47)58/h17-21H,1-16H3. The van der Waals surface area contributed by atoms with Crippen molar-refractivity contribution in [3.63, 3.8) is 0 Å². The Morgan fingerprint density at radius 2 is 0.707 bits per heavy atom. The molecule has 6 aromatic carbocycles. The summed E-state index contributed by atoms with van der Waals surface area (Å²) in [5.41, 5.74) is 24.6. The van der Waals surface area contributed by atoms with Crippen molar-refractivity contribution >= 4 is 43.6 Å². The van der Waals surface area contributed by atoms with Crippen LogP contribution in [0.4, 0.5) is 8.78 Å². The lowest BCUT2D eigenvalue weighted by Crippen LogP contribution is -2.10. The summed E-state index contributed by atoms with van der Waals surface area (Å²) in [5, 5.41) is 16.4. The molecule has 0 saturated heterocycles. The summed E-state index contributed by atoms with van der Waals surface area (Å²) in [6, 6.07) is 10.5. The molecule has 5 heteroatoms. The number of fused-ring (bicyclic) bond motifs is 6. The minimum atomic E-state index is -0.675. The van der Waals surface area contributed by atoms with Gasteiger partial charge in [-0.25, -0.2) is 8.78 Å². The molecule has 0 aliphatic rings. The predicted molar refractivity (Wildman–Crippen MR) is 241 cm³/mol. The second-order valence-corrected chi connectivity index (χ2v) is 17.1. The maximum atomic E-state index is 16.4. The van der Waals surface area contributed by atoms with Gasteiger partial charge >= 0.3 is 0 Å². The topological polar surface area (TPSA) is 33.6 Å². The third-order valence-corrected chi connectivity index (χ3v) is 15.0. The zero-order valence-corrected chi connectivity index (χ0v) is 37.0. The van der Waals surface area contributed by atoms with Crippen molar-refractivity contribution < 1.29 is 8.78 Å². The molecule has 8 aromatic rings. The molecule has 294 valence electrons. The van der Waals surface area contributed by atoms with E-state index in [0.29, 0.717) is 22.5 Å². The number of nitrogens with zero attached hydrogens (tertiary/aromatic N) is 3. The summed E-state index contributed by atoms with van der Waals surface area (Å²) < 4.78 is 37.2. The van der Waals surface area contributed by atoms with Crippen molar-refractivity contribution in [2.75, 3.05) is 0 Å². The molecular formula is C53H53F2N3. The van der Waals surface area contributed by atoms with E-state index in [2.05, 4.69) is 126 Å². The first kappa shape index (κ1) is 39.1. The quantitative estimate of drug-likeness (QED) is 0.176. The molecule has 8 rings (SSSR count). The van der Waals surface area contributed by atoms with Crippen LogP contribution in [0.15, 0.2) is 30.3 Å². The van der Waals surface area contributed by atoms with Gasteiger partial charge in [0.1, 0.15) is 23.3 Å². The summed E-state index contributed by atoms with van der Waals surface area (Å²) in [4.78, 5) is 0. The molecule has 0 aliphatic heterocycles. The van der Waals surface area contributed by atoms with E-state index in [4.69, 9.17) is 0 Å². The molecular weight excluding hydrogens is 717 g/mol. The average Bonchev–Trinajstić information content (AvgIpc) is 3.75. The summed E-state index contributed by atoms with van der Waals surface area (Å²) >= 11 is 0. The van der Waals surface area contributed by atoms with E-state index in [1.807, 2.05) is 12.1 Å². The Balaban J connectivity index is 1.75. The van der Waals surface area contributed by atoms with E-state index in [9.17, 15) is 5.26 Å². The molecule has 0 amide bonds.